The molecule has 27 heavy (non-hydrogen) atoms. The summed E-state index contributed by atoms with van der Waals surface area (Å²) in [6, 6.07) is 6.99. The third kappa shape index (κ3) is 4.75. The second-order valence-corrected chi connectivity index (χ2v) is 6.44. The maximum atomic E-state index is 13.5. The summed E-state index contributed by atoms with van der Waals surface area (Å²) in [6.45, 7) is 0.790. The van der Waals surface area contributed by atoms with Crippen LogP contribution >= 0.6 is 0 Å². The molecule has 0 radical (unpaired) electrons. The van der Waals surface area contributed by atoms with Crippen LogP contribution in [0.25, 0.3) is 6.08 Å². The number of likely N-dealkylation sites (tertiary alicyclic amines) is 1. The summed E-state index contributed by atoms with van der Waals surface area (Å²) in [6.07, 6.45) is 4.17. The molecule has 0 amide bonds. The predicted molar refractivity (Wildman–Crippen MR) is 95.4 cm³/mol. The molecule has 2 unspecified atom stereocenters. The Morgan fingerprint density at radius 3 is 2.81 bits per heavy atom. The van der Waals surface area contributed by atoms with Gasteiger partial charge in [0.15, 0.2) is 0 Å². The first kappa shape index (κ1) is 19.1. The van der Waals surface area contributed by atoms with Crippen LogP contribution in [0, 0.1) is 11.6 Å². The number of nitrogens with zero attached hydrogens (tertiary/aromatic N) is 2. The van der Waals surface area contributed by atoms with E-state index in [1.54, 1.807) is 23.2 Å². The number of hydrogen-bond acceptors (Lipinski definition) is 5. The number of aromatic nitrogens is 1. The standard InChI is InChI=1S/C20H20F2N2O3/c1-27-20(26)5-4-13-3-2-6-23-18(13)12-24-11-15(9-19(24)25)14-7-16(21)10-17(22)8-14/h2-8,10,15,19,25H,9,11-12H2,1H3/b5-4+. The van der Waals surface area contributed by atoms with Crippen LogP contribution in [0.3, 0.4) is 0 Å². The zero-order valence-corrected chi connectivity index (χ0v) is 14.8. The van der Waals surface area contributed by atoms with Gasteiger partial charge in [-0.25, -0.2) is 13.6 Å². The highest BCUT2D eigenvalue weighted by Crippen LogP contribution is 2.32. The minimum atomic E-state index is -0.749. The van der Waals surface area contributed by atoms with Crippen molar-refractivity contribution >= 4 is 12.0 Å². The molecule has 7 heteroatoms. The van der Waals surface area contributed by atoms with E-state index in [0.717, 1.165) is 11.6 Å². The van der Waals surface area contributed by atoms with Crippen LogP contribution in [0.2, 0.25) is 0 Å². The van der Waals surface area contributed by atoms with Crippen LogP contribution in [0.4, 0.5) is 8.78 Å². The summed E-state index contributed by atoms with van der Waals surface area (Å²) in [5.74, 6) is -1.90. The lowest BCUT2D eigenvalue weighted by molar-refractivity contribution is -0.134. The van der Waals surface area contributed by atoms with Crippen LogP contribution in [-0.2, 0) is 16.1 Å². The lowest BCUT2D eigenvalue weighted by atomic mass is 9.98. The molecule has 2 heterocycles. The number of aliphatic hydroxyl groups excluding tert-OH is 1. The van der Waals surface area contributed by atoms with E-state index in [1.165, 1.54) is 25.3 Å². The third-order valence-electron chi connectivity index (χ3n) is 4.61. The van der Waals surface area contributed by atoms with Crippen molar-refractivity contribution in [3.05, 3.63) is 71.1 Å². The normalized spacial score (nSPS) is 20.3. The molecule has 142 valence electrons. The largest absolute Gasteiger partial charge is 0.466 e. The van der Waals surface area contributed by atoms with Crippen molar-refractivity contribution in [3.63, 3.8) is 0 Å². The first-order chi connectivity index (χ1) is 13.0. The Morgan fingerprint density at radius 2 is 2.11 bits per heavy atom. The molecule has 5 nitrogen and oxygen atoms in total. The van der Waals surface area contributed by atoms with E-state index < -0.39 is 23.8 Å². The molecule has 1 aromatic carbocycles. The fourth-order valence-corrected chi connectivity index (χ4v) is 3.26. The average molecular weight is 374 g/mol. The van der Waals surface area contributed by atoms with Crippen molar-refractivity contribution in [1.82, 2.24) is 9.88 Å². The third-order valence-corrected chi connectivity index (χ3v) is 4.61. The average Bonchev–Trinajstić information content (AvgIpc) is 3.00. The number of aliphatic hydroxyl groups is 1. The number of pyridine rings is 1. The molecular formula is C20H20F2N2O3. The van der Waals surface area contributed by atoms with Gasteiger partial charge in [-0.1, -0.05) is 6.07 Å². The molecule has 2 atom stereocenters. The monoisotopic (exact) mass is 374 g/mol. The van der Waals surface area contributed by atoms with E-state index in [0.29, 0.717) is 30.8 Å². The van der Waals surface area contributed by atoms with Crippen molar-refractivity contribution in [1.29, 1.82) is 0 Å². The summed E-state index contributed by atoms with van der Waals surface area (Å²) >= 11 is 0. The van der Waals surface area contributed by atoms with Crippen molar-refractivity contribution in [2.24, 2.45) is 0 Å². The minimum absolute atomic E-state index is 0.178. The number of halogens is 2. The second kappa shape index (κ2) is 8.37. The molecule has 2 aromatic rings. The Labute approximate surface area is 155 Å². The molecular weight excluding hydrogens is 354 g/mol. The maximum absolute atomic E-state index is 13.5. The van der Waals surface area contributed by atoms with Crippen molar-refractivity contribution in [3.8, 4) is 0 Å². The number of ether oxygens (including phenoxy) is 1. The number of benzene rings is 1. The molecule has 0 aliphatic carbocycles. The summed E-state index contributed by atoms with van der Waals surface area (Å²) in [7, 11) is 1.30. The lowest BCUT2D eigenvalue weighted by Gasteiger charge is -2.20. The Kier molecular flexibility index (Phi) is 5.93. The van der Waals surface area contributed by atoms with E-state index in [9.17, 15) is 18.7 Å². The molecule has 1 saturated heterocycles. The van der Waals surface area contributed by atoms with Gasteiger partial charge >= 0.3 is 5.97 Å². The number of carbonyl (C=O) groups is 1. The van der Waals surface area contributed by atoms with Crippen LogP contribution in [0.15, 0.2) is 42.6 Å². The molecule has 1 aromatic heterocycles. The number of carbonyl (C=O) groups excluding carboxylic acids is 1. The molecule has 1 N–H and O–H groups in total. The van der Waals surface area contributed by atoms with Crippen LogP contribution < -0.4 is 0 Å². The highest BCUT2D eigenvalue weighted by atomic mass is 19.1. The molecule has 1 fully saturated rings. The Bertz CT molecular complexity index is 837. The minimum Gasteiger partial charge on any atom is -0.466 e. The number of methoxy groups -OCH3 is 1. The van der Waals surface area contributed by atoms with Crippen LogP contribution in [-0.4, -0.2) is 40.8 Å². The van der Waals surface area contributed by atoms with Gasteiger partial charge in [0.25, 0.3) is 0 Å². The first-order valence-electron chi connectivity index (χ1n) is 8.54. The van der Waals surface area contributed by atoms with E-state index >= 15 is 0 Å². The summed E-state index contributed by atoms with van der Waals surface area (Å²) < 4.78 is 31.6. The van der Waals surface area contributed by atoms with Crippen molar-refractivity contribution < 1.29 is 23.4 Å². The fraction of sp³-hybridized carbons (Fsp3) is 0.300. The van der Waals surface area contributed by atoms with Gasteiger partial charge in [-0.15, -0.1) is 0 Å². The lowest BCUT2D eigenvalue weighted by Crippen LogP contribution is -2.29. The second-order valence-electron chi connectivity index (χ2n) is 6.44. The van der Waals surface area contributed by atoms with Gasteiger partial charge in [0, 0.05) is 37.3 Å². The van der Waals surface area contributed by atoms with Gasteiger partial charge in [-0.2, -0.15) is 0 Å². The van der Waals surface area contributed by atoms with E-state index in [-0.39, 0.29) is 5.92 Å². The molecule has 0 bridgehead atoms. The van der Waals surface area contributed by atoms with Gasteiger partial charge in [-0.3, -0.25) is 9.88 Å². The van der Waals surface area contributed by atoms with Gasteiger partial charge in [0.05, 0.1) is 12.8 Å². The summed E-state index contributed by atoms with van der Waals surface area (Å²) in [4.78, 5) is 17.4. The topological polar surface area (TPSA) is 62.7 Å². The Hall–Kier alpha value is -2.64. The van der Waals surface area contributed by atoms with Crippen LogP contribution in [0.5, 0.6) is 0 Å². The molecule has 1 aliphatic heterocycles. The Balaban J connectivity index is 1.75. The van der Waals surface area contributed by atoms with E-state index in [4.69, 9.17) is 0 Å². The maximum Gasteiger partial charge on any atom is 0.330 e. The molecule has 1 aliphatic rings. The zero-order chi connectivity index (χ0) is 19.4. The predicted octanol–water partition coefficient (Wildman–Crippen LogP) is 2.85. The van der Waals surface area contributed by atoms with Gasteiger partial charge < -0.3 is 9.84 Å². The summed E-state index contributed by atoms with van der Waals surface area (Å²) in [5, 5.41) is 10.4. The first-order valence-corrected chi connectivity index (χ1v) is 8.54. The SMILES string of the molecule is COC(=O)/C=C/c1cccnc1CN1CC(c2cc(F)cc(F)c2)CC1O. The van der Waals surface area contributed by atoms with Gasteiger partial charge in [0.1, 0.15) is 17.9 Å². The van der Waals surface area contributed by atoms with E-state index in [2.05, 4.69) is 9.72 Å². The van der Waals surface area contributed by atoms with Crippen molar-refractivity contribution in [2.75, 3.05) is 13.7 Å². The smallest absolute Gasteiger partial charge is 0.330 e. The quantitative estimate of drug-likeness (QED) is 0.644. The van der Waals surface area contributed by atoms with Gasteiger partial charge in [-0.05, 0) is 41.8 Å². The number of rotatable bonds is 5. The molecule has 0 spiro atoms. The van der Waals surface area contributed by atoms with Crippen LogP contribution in [0.1, 0.15) is 29.2 Å². The summed E-state index contributed by atoms with van der Waals surface area (Å²) in [5.41, 5.74) is 1.94. The molecule has 0 saturated carbocycles. The number of hydrogen-bond donors (Lipinski definition) is 1. The number of esters is 1. The molecule has 3 rings (SSSR count). The van der Waals surface area contributed by atoms with Gasteiger partial charge in [0.2, 0.25) is 0 Å². The highest BCUT2D eigenvalue weighted by molar-refractivity contribution is 5.87. The zero-order valence-electron chi connectivity index (χ0n) is 14.8. The van der Waals surface area contributed by atoms with E-state index in [1.807, 2.05) is 6.07 Å². The fourth-order valence-electron chi connectivity index (χ4n) is 3.26. The van der Waals surface area contributed by atoms with Crippen molar-refractivity contribution in [2.45, 2.75) is 25.1 Å². The Morgan fingerprint density at radius 1 is 1.37 bits per heavy atom. The highest BCUT2D eigenvalue weighted by Gasteiger charge is 2.32.